The van der Waals surface area contributed by atoms with Gasteiger partial charge in [-0.3, -0.25) is 9.78 Å². The Hall–Kier alpha value is -4.32. The van der Waals surface area contributed by atoms with Gasteiger partial charge in [0, 0.05) is 29.2 Å². The number of hydrogen-bond donors (Lipinski definition) is 1. The topological polar surface area (TPSA) is 69.7 Å². The molecule has 0 aliphatic carbocycles. The van der Waals surface area contributed by atoms with Crippen LogP contribution in [0.3, 0.4) is 0 Å². The summed E-state index contributed by atoms with van der Waals surface area (Å²) in [7, 11) is 1.54. The number of carbonyl (C=O) groups is 1. The average Bonchev–Trinajstić information content (AvgIpc) is 2.88. The number of anilines is 1. The van der Waals surface area contributed by atoms with Crippen LogP contribution in [0.1, 0.15) is 21.5 Å². The smallest absolute Gasteiger partial charge is 0.255 e. The number of amides is 1. The molecule has 1 aromatic heterocycles. The molecule has 0 aliphatic rings. The van der Waals surface area contributed by atoms with Crippen LogP contribution in [-0.4, -0.2) is 18.0 Å². The molecule has 1 N–H and O–H groups in total. The fourth-order valence-electron chi connectivity index (χ4n) is 3.15. The van der Waals surface area contributed by atoms with Crippen molar-refractivity contribution in [2.75, 3.05) is 12.4 Å². The van der Waals surface area contributed by atoms with Crippen LogP contribution < -0.4 is 19.5 Å². The van der Waals surface area contributed by atoms with Crippen molar-refractivity contribution < 1.29 is 19.0 Å². The lowest BCUT2D eigenvalue weighted by Gasteiger charge is -2.13. The van der Waals surface area contributed by atoms with E-state index < -0.39 is 0 Å². The number of aromatic nitrogens is 1. The second-order valence-corrected chi connectivity index (χ2v) is 7.27. The third-order valence-electron chi connectivity index (χ3n) is 4.90. The van der Waals surface area contributed by atoms with E-state index in [1.807, 2.05) is 54.6 Å². The summed E-state index contributed by atoms with van der Waals surface area (Å²) in [5, 5.41) is 2.89. The predicted octanol–water partition coefficient (Wildman–Crippen LogP) is 5.50. The zero-order valence-electron chi connectivity index (χ0n) is 18.2. The molecule has 166 valence electrons. The zero-order chi connectivity index (χ0) is 22.9. The van der Waals surface area contributed by atoms with Crippen LogP contribution in [0.5, 0.6) is 17.2 Å². The number of pyridine rings is 1. The Morgan fingerprint density at radius 3 is 2.30 bits per heavy atom. The zero-order valence-corrected chi connectivity index (χ0v) is 18.2. The monoisotopic (exact) mass is 440 g/mol. The summed E-state index contributed by atoms with van der Waals surface area (Å²) in [6, 6.07) is 26.1. The fourth-order valence-corrected chi connectivity index (χ4v) is 3.15. The van der Waals surface area contributed by atoms with Gasteiger partial charge < -0.3 is 19.5 Å². The van der Waals surface area contributed by atoms with E-state index in [1.165, 1.54) is 0 Å². The molecule has 0 bridgehead atoms. The van der Waals surface area contributed by atoms with Crippen molar-refractivity contribution >= 4 is 11.6 Å². The van der Waals surface area contributed by atoms with Crippen molar-refractivity contribution in [1.82, 2.24) is 4.98 Å². The lowest BCUT2D eigenvalue weighted by molar-refractivity contribution is 0.102. The van der Waals surface area contributed by atoms with Gasteiger partial charge >= 0.3 is 0 Å². The third kappa shape index (κ3) is 6.11. The Morgan fingerprint density at radius 2 is 1.58 bits per heavy atom. The molecule has 4 aromatic rings. The summed E-state index contributed by atoms with van der Waals surface area (Å²) < 4.78 is 17.0. The first-order valence-electron chi connectivity index (χ1n) is 10.5. The number of benzene rings is 3. The van der Waals surface area contributed by atoms with Crippen LogP contribution in [0.25, 0.3) is 0 Å². The molecule has 4 rings (SSSR count). The number of carbonyl (C=O) groups excluding carboxylic acids is 1. The van der Waals surface area contributed by atoms with E-state index in [0.717, 1.165) is 16.9 Å². The quantitative estimate of drug-likeness (QED) is 0.372. The first-order valence-corrected chi connectivity index (χ1v) is 10.5. The number of nitrogens with zero attached hydrogens (tertiary/aromatic N) is 1. The third-order valence-corrected chi connectivity index (χ3v) is 4.90. The van der Waals surface area contributed by atoms with Gasteiger partial charge in [-0.25, -0.2) is 0 Å². The lowest BCUT2D eigenvalue weighted by atomic mass is 10.1. The molecule has 0 saturated heterocycles. The molecule has 0 unspecified atom stereocenters. The number of methoxy groups -OCH3 is 1. The molecule has 6 nitrogen and oxygen atoms in total. The van der Waals surface area contributed by atoms with E-state index in [2.05, 4.69) is 10.3 Å². The highest BCUT2D eigenvalue weighted by Gasteiger charge is 2.12. The number of nitrogens with one attached hydrogen (secondary N) is 1. The van der Waals surface area contributed by atoms with Gasteiger partial charge in [0.05, 0.1) is 7.11 Å². The second-order valence-electron chi connectivity index (χ2n) is 7.27. The highest BCUT2D eigenvalue weighted by molar-refractivity contribution is 6.04. The Morgan fingerprint density at radius 1 is 0.818 bits per heavy atom. The fraction of sp³-hybridized carbons (Fsp3) is 0.111. The van der Waals surface area contributed by atoms with Gasteiger partial charge in [-0.15, -0.1) is 0 Å². The Labute approximate surface area is 192 Å². The molecule has 6 heteroatoms. The number of hydrogen-bond acceptors (Lipinski definition) is 5. The predicted molar refractivity (Wildman–Crippen MR) is 127 cm³/mol. The molecule has 0 aliphatic heterocycles. The summed E-state index contributed by atoms with van der Waals surface area (Å²) >= 11 is 0. The minimum absolute atomic E-state index is 0.245. The molecule has 33 heavy (non-hydrogen) atoms. The first kappa shape index (κ1) is 21.9. The molecule has 0 saturated carbocycles. The molecule has 1 heterocycles. The molecular formula is C27H24N2O4. The largest absolute Gasteiger partial charge is 0.493 e. The van der Waals surface area contributed by atoms with E-state index in [9.17, 15) is 4.79 Å². The van der Waals surface area contributed by atoms with Crippen LogP contribution >= 0.6 is 0 Å². The summed E-state index contributed by atoms with van der Waals surface area (Å²) in [6.07, 6.45) is 3.45. The lowest BCUT2D eigenvalue weighted by Crippen LogP contribution is -2.12. The van der Waals surface area contributed by atoms with Gasteiger partial charge in [0.25, 0.3) is 5.91 Å². The van der Waals surface area contributed by atoms with Crippen molar-refractivity contribution in [3.8, 4) is 17.2 Å². The summed E-state index contributed by atoms with van der Waals surface area (Å²) in [6.45, 7) is 0.843. The molecule has 3 aromatic carbocycles. The first-order chi connectivity index (χ1) is 16.2. The van der Waals surface area contributed by atoms with E-state index in [4.69, 9.17) is 14.2 Å². The minimum Gasteiger partial charge on any atom is -0.493 e. The number of rotatable bonds is 9. The van der Waals surface area contributed by atoms with Gasteiger partial charge in [0.2, 0.25) is 0 Å². The molecule has 1 amide bonds. The van der Waals surface area contributed by atoms with E-state index in [-0.39, 0.29) is 5.91 Å². The average molecular weight is 440 g/mol. The van der Waals surface area contributed by atoms with Crippen molar-refractivity contribution in [2.45, 2.75) is 13.2 Å². The van der Waals surface area contributed by atoms with Gasteiger partial charge in [-0.2, -0.15) is 0 Å². The second kappa shape index (κ2) is 10.8. The maximum atomic E-state index is 12.7. The van der Waals surface area contributed by atoms with Gasteiger partial charge in [0.1, 0.15) is 19.0 Å². The standard InChI is InChI=1S/C27H24N2O4/c1-31-26-16-22(9-14-25(26)33-19-21-8-5-15-28-17-21)27(30)29-23-10-12-24(13-11-23)32-18-20-6-3-2-4-7-20/h2-17H,18-19H2,1H3,(H,29,30). The molecule has 0 spiro atoms. The van der Waals surface area contributed by atoms with Crippen LogP contribution in [0.15, 0.2) is 97.3 Å². The maximum Gasteiger partial charge on any atom is 0.255 e. The summed E-state index contributed by atoms with van der Waals surface area (Å²) in [5.74, 6) is 1.52. The van der Waals surface area contributed by atoms with Crippen LogP contribution in [0.4, 0.5) is 5.69 Å². The molecule has 0 radical (unpaired) electrons. The molecule has 0 atom stereocenters. The Balaban J connectivity index is 1.35. The number of ether oxygens (including phenoxy) is 3. The van der Waals surface area contributed by atoms with Crippen molar-refractivity contribution in [3.05, 3.63) is 114 Å². The normalized spacial score (nSPS) is 10.3. The Kier molecular flexibility index (Phi) is 7.18. The molecule has 0 fully saturated rings. The van der Waals surface area contributed by atoms with Crippen molar-refractivity contribution in [3.63, 3.8) is 0 Å². The minimum atomic E-state index is -0.245. The van der Waals surface area contributed by atoms with Crippen molar-refractivity contribution in [1.29, 1.82) is 0 Å². The van der Waals surface area contributed by atoms with E-state index >= 15 is 0 Å². The summed E-state index contributed by atoms with van der Waals surface area (Å²) in [5.41, 5.74) is 3.17. The maximum absolute atomic E-state index is 12.7. The van der Waals surface area contributed by atoms with E-state index in [0.29, 0.717) is 36.0 Å². The van der Waals surface area contributed by atoms with Gasteiger partial charge in [-0.05, 0) is 54.1 Å². The molecular weight excluding hydrogens is 416 g/mol. The Bertz CT molecular complexity index is 1180. The van der Waals surface area contributed by atoms with Crippen LogP contribution in [-0.2, 0) is 13.2 Å². The highest BCUT2D eigenvalue weighted by Crippen LogP contribution is 2.29. The van der Waals surface area contributed by atoms with Crippen LogP contribution in [0.2, 0.25) is 0 Å². The van der Waals surface area contributed by atoms with E-state index in [1.54, 1.807) is 49.8 Å². The highest BCUT2D eigenvalue weighted by atomic mass is 16.5. The SMILES string of the molecule is COc1cc(C(=O)Nc2ccc(OCc3ccccc3)cc2)ccc1OCc1cccnc1. The van der Waals surface area contributed by atoms with Crippen molar-refractivity contribution in [2.24, 2.45) is 0 Å². The van der Waals surface area contributed by atoms with Crippen LogP contribution in [0, 0.1) is 0 Å². The summed E-state index contributed by atoms with van der Waals surface area (Å²) in [4.78, 5) is 16.8. The van der Waals surface area contributed by atoms with Gasteiger partial charge in [0.15, 0.2) is 11.5 Å². The van der Waals surface area contributed by atoms with Gasteiger partial charge in [-0.1, -0.05) is 36.4 Å².